The maximum atomic E-state index is 12.5. The Bertz CT molecular complexity index is 982. The molecule has 1 aliphatic rings. The number of hydrogen-bond acceptors (Lipinski definition) is 4. The lowest BCUT2D eigenvalue weighted by Gasteiger charge is -2.26. The monoisotopic (exact) mass is 379 g/mol. The summed E-state index contributed by atoms with van der Waals surface area (Å²) in [5.41, 5.74) is 4.35. The Balaban J connectivity index is 1.35. The highest BCUT2D eigenvalue weighted by atomic mass is 32.2. The topological polar surface area (TPSA) is 58.2 Å². The Morgan fingerprint density at radius 1 is 1.26 bits per heavy atom. The fraction of sp³-hybridized carbons (Fsp3) is 0.238. The summed E-state index contributed by atoms with van der Waals surface area (Å²) in [5, 5.41) is 0.754. The van der Waals surface area contributed by atoms with E-state index < -0.39 is 0 Å². The van der Waals surface area contributed by atoms with Gasteiger partial charge < -0.3 is 14.6 Å². The van der Waals surface area contributed by atoms with E-state index in [9.17, 15) is 4.79 Å². The second kappa shape index (κ2) is 7.88. The number of aromatic nitrogens is 2. The molecule has 0 saturated carbocycles. The number of nitrogens with zero attached hydrogens (tertiary/aromatic N) is 2. The Morgan fingerprint density at radius 3 is 2.85 bits per heavy atom. The summed E-state index contributed by atoms with van der Waals surface area (Å²) < 4.78 is 5.23. The highest BCUT2D eigenvalue weighted by molar-refractivity contribution is 7.99. The second-order valence-corrected chi connectivity index (χ2v) is 7.36. The van der Waals surface area contributed by atoms with Crippen LogP contribution in [0.1, 0.15) is 12.0 Å². The fourth-order valence-corrected chi connectivity index (χ4v) is 3.98. The van der Waals surface area contributed by atoms with Gasteiger partial charge in [-0.05, 0) is 29.7 Å². The molecule has 4 rings (SSSR count). The minimum Gasteiger partial charge on any atom is -0.497 e. The average Bonchev–Trinajstić information content (AvgIpc) is 3.14. The number of rotatable bonds is 5. The minimum atomic E-state index is 0.140. The first-order valence-corrected chi connectivity index (χ1v) is 9.90. The van der Waals surface area contributed by atoms with Gasteiger partial charge in [-0.1, -0.05) is 48.2 Å². The third-order valence-electron chi connectivity index (χ3n) is 4.71. The number of nitrogens with one attached hydrogen (secondary N) is 1. The van der Waals surface area contributed by atoms with Gasteiger partial charge >= 0.3 is 0 Å². The number of amides is 1. The molecule has 1 aromatic heterocycles. The van der Waals surface area contributed by atoms with E-state index in [4.69, 9.17) is 4.74 Å². The van der Waals surface area contributed by atoms with Gasteiger partial charge in [-0.15, -0.1) is 0 Å². The molecule has 1 amide bonds. The first kappa shape index (κ1) is 17.7. The fourth-order valence-electron chi connectivity index (χ4n) is 3.19. The number of methoxy groups -OCH3 is 1. The zero-order chi connectivity index (χ0) is 18.6. The van der Waals surface area contributed by atoms with Crippen molar-refractivity contribution < 1.29 is 9.53 Å². The van der Waals surface area contributed by atoms with Crippen molar-refractivity contribution in [1.29, 1.82) is 0 Å². The number of fused-ring (bicyclic) bond motifs is 1. The van der Waals surface area contributed by atoms with Crippen molar-refractivity contribution >= 4 is 34.3 Å². The molecule has 5 nitrogen and oxygen atoms in total. The summed E-state index contributed by atoms with van der Waals surface area (Å²) in [5.74, 6) is 1.31. The SMILES string of the molecule is COc1ccc2nc(SCC(=O)N3CC=C(c4ccccc4)CC3)[nH]c2c1. The Morgan fingerprint density at radius 2 is 2.11 bits per heavy atom. The molecule has 0 aliphatic carbocycles. The van der Waals surface area contributed by atoms with Crippen LogP contribution in [0.5, 0.6) is 5.75 Å². The number of ether oxygens (including phenoxy) is 1. The maximum Gasteiger partial charge on any atom is 0.233 e. The summed E-state index contributed by atoms with van der Waals surface area (Å²) in [7, 11) is 1.64. The molecule has 0 bridgehead atoms. The van der Waals surface area contributed by atoms with Crippen molar-refractivity contribution in [2.24, 2.45) is 0 Å². The number of thioether (sulfide) groups is 1. The van der Waals surface area contributed by atoms with Gasteiger partial charge in [0.05, 0.1) is 23.9 Å². The van der Waals surface area contributed by atoms with Gasteiger partial charge in [-0.3, -0.25) is 4.79 Å². The number of carbonyl (C=O) groups is 1. The predicted molar refractivity (Wildman–Crippen MR) is 109 cm³/mol. The molecule has 0 saturated heterocycles. The highest BCUT2D eigenvalue weighted by Gasteiger charge is 2.18. The van der Waals surface area contributed by atoms with Crippen molar-refractivity contribution in [3.8, 4) is 5.75 Å². The van der Waals surface area contributed by atoms with Gasteiger partial charge in [0.2, 0.25) is 5.91 Å². The normalized spacial score (nSPS) is 14.3. The molecule has 0 atom stereocenters. The zero-order valence-corrected chi connectivity index (χ0v) is 16.0. The molecule has 0 radical (unpaired) electrons. The van der Waals surface area contributed by atoms with Crippen LogP contribution < -0.4 is 4.74 Å². The molecule has 0 spiro atoms. The van der Waals surface area contributed by atoms with Crippen LogP contribution in [0.4, 0.5) is 0 Å². The number of H-pyrrole nitrogens is 1. The standard InChI is InChI=1S/C21H21N3O2S/c1-26-17-7-8-18-19(13-17)23-21(22-18)27-14-20(25)24-11-9-16(10-12-24)15-5-3-2-4-6-15/h2-9,13H,10-12,14H2,1H3,(H,22,23). The molecule has 138 valence electrons. The number of aromatic amines is 1. The van der Waals surface area contributed by atoms with Gasteiger partial charge in [0, 0.05) is 19.2 Å². The molecular formula is C21H21N3O2S. The third-order valence-corrected chi connectivity index (χ3v) is 5.56. The zero-order valence-electron chi connectivity index (χ0n) is 15.1. The summed E-state index contributed by atoms with van der Waals surface area (Å²) in [6.45, 7) is 1.43. The Kier molecular flexibility index (Phi) is 5.16. The molecule has 1 N–H and O–H groups in total. The van der Waals surface area contributed by atoms with Crippen LogP contribution in [0.25, 0.3) is 16.6 Å². The van der Waals surface area contributed by atoms with Crippen molar-refractivity contribution in [2.45, 2.75) is 11.6 Å². The van der Waals surface area contributed by atoms with E-state index in [1.165, 1.54) is 22.9 Å². The largest absolute Gasteiger partial charge is 0.497 e. The molecule has 0 fully saturated rings. The minimum absolute atomic E-state index is 0.140. The lowest BCUT2D eigenvalue weighted by Crippen LogP contribution is -2.35. The van der Waals surface area contributed by atoms with E-state index in [1.54, 1.807) is 7.11 Å². The average molecular weight is 379 g/mol. The first-order valence-electron chi connectivity index (χ1n) is 8.92. The van der Waals surface area contributed by atoms with Gasteiger partial charge in [0.25, 0.3) is 0 Å². The van der Waals surface area contributed by atoms with Crippen molar-refractivity contribution in [1.82, 2.24) is 14.9 Å². The summed E-state index contributed by atoms with van der Waals surface area (Å²) in [4.78, 5) is 22.2. The summed E-state index contributed by atoms with van der Waals surface area (Å²) >= 11 is 1.44. The maximum absolute atomic E-state index is 12.5. The van der Waals surface area contributed by atoms with Gasteiger partial charge in [-0.25, -0.2) is 4.98 Å². The number of hydrogen-bond donors (Lipinski definition) is 1. The van der Waals surface area contributed by atoms with E-state index in [0.29, 0.717) is 12.3 Å². The second-order valence-electron chi connectivity index (χ2n) is 6.40. The van der Waals surface area contributed by atoms with Crippen LogP contribution >= 0.6 is 11.8 Å². The van der Waals surface area contributed by atoms with Crippen LogP contribution in [0.3, 0.4) is 0 Å². The molecule has 2 aromatic carbocycles. The Hall–Kier alpha value is -2.73. The predicted octanol–water partition coefficient (Wildman–Crippen LogP) is 3.98. The number of carbonyl (C=O) groups excluding carboxylic acids is 1. The van der Waals surface area contributed by atoms with E-state index in [0.717, 1.165) is 34.9 Å². The molecular weight excluding hydrogens is 358 g/mol. The molecule has 6 heteroatoms. The van der Waals surface area contributed by atoms with Crippen LogP contribution in [-0.2, 0) is 4.79 Å². The molecule has 1 aliphatic heterocycles. The van der Waals surface area contributed by atoms with Crippen LogP contribution in [-0.4, -0.2) is 46.7 Å². The first-order chi connectivity index (χ1) is 13.2. The van der Waals surface area contributed by atoms with E-state index in [2.05, 4.69) is 28.2 Å². The van der Waals surface area contributed by atoms with Crippen LogP contribution in [0, 0.1) is 0 Å². The number of imidazole rings is 1. The Labute approximate surface area is 162 Å². The molecule has 0 unspecified atom stereocenters. The lowest BCUT2D eigenvalue weighted by molar-refractivity contribution is -0.127. The van der Waals surface area contributed by atoms with Gasteiger partial charge in [-0.2, -0.15) is 0 Å². The van der Waals surface area contributed by atoms with E-state index in [-0.39, 0.29) is 5.91 Å². The third kappa shape index (κ3) is 4.01. The van der Waals surface area contributed by atoms with Crippen LogP contribution in [0.15, 0.2) is 59.8 Å². The highest BCUT2D eigenvalue weighted by Crippen LogP contribution is 2.25. The number of benzene rings is 2. The van der Waals surface area contributed by atoms with Crippen LogP contribution in [0.2, 0.25) is 0 Å². The van der Waals surface area contributed by atoms with E-state index in [1.807, 2.05) is 41.3 Å². The summed E-state index contributed by atoms with van der Waals surface area (Å²) in [6.07, 6.45) is 3.06. The van der Waals surface area contributed by atoms with Crippen molar-refractivity contribution in [2.75, 3.05) is 26.0 Å². The lowest BCUT2D eigenvalue weighted by atomic mass is 10.00. The van der Waals surface area contributed by atoms with Gasteiger partial charge in [0.1, 0.15) is 5.75 Å². The van der Waals surface area contributed by atoms with Crippen molar-refractivity contribution in [3.05, 3.63) is 60.2 Å². The molecule has 27 heavy (non-hydrogen) atoms. The quantitative estimate of drug-likeness (QED) is 0.681. The van der Waals surface area contributed by atoms with Crippen molar-refractivity contribution in [3.63, 3.8) is 0 Å². The molecule has 2 heterocycles. The molecule has 3 aromatic rings. The van der Waals surface area contributed by atoms with E-state index >= 15 is 0 Å². The van der Waals surface area contributed by atoms with Gasteiger partial charge in [0.15, 0.2) is 5.16 Å². The summed E-state index contributed by atoms with van der Waals surface area (Å²) in [6, 6.07) is 16.1. The smallest absolute Gasteiger partial charge is 0.233 e.